The number of hydrogen-bond donors (Lipinski definition) is 2. The highest BCUT2D eigenvalue weighted by Crippen LogP contribution is 2.36. The Morgan fingerprint density at radius 2 is 1.40 bits per heavy atom. The van der Waals surface area contributed by atoms with Gasteiger partial charge in [0.2, 0.25) is 0 Å². The molecule has 2 N–H and O–H groups in total. The van der Waals surface area contributed by atoms with Crippen molar-refractivity contribution in [2.45, 2.75) is 0 Å². The number of benzene rings is 4. The number of nitrogens with zero attached hydrogens (tertiary/aromatic N) is 1. The fraction of sp³-hybridized carbons (Fsp3) is 0. The van der Waals surface area contributed by atoms with Gasteiger partial charge in [-0.05, 0) is 59.7 Å². The van der Waals surface area contributed by atoms with E-state index in [0.29, 0.717) is 5.02 Å². The monoisotopic (exact) mass is 433 g/mol. The lowest BCUT2D eigenvalue weighted by atomic mass is 10.1. The normalized spacial score (nSPS) is 12.0. The third kappa shape index (κ3) is 3.24. The summed E-state index contributed by atoms with van der Waals surface area (Å²) in [5.74, 6) is 0. The summed E-state index contributed by atoms with van der Waals surface area (Å²) >= 11 is 6.26. The fourth-order valence-corrected chi connectivity index (χ4v) is 4.67. The number of fused-ring (bicyclic) bond motifs is 3. The Balaban J connectivity index is 1.74. The molecule has 1 aromatic heterocycles. The highest BCUT2D eigenvalue weighted by Gasteiger charge is 2.18. The molecule has 4 nitrogen and oxygen atoms in total. The second-order valence-corrected chi connectivity index (χ2v) is 9.20. The van der Waals surface area contributed by atoms with Gasteiger partial charge in [0.25, 0.3) is 0 Å². The molecule has 0 saturated heterocycles. The minimum Gasteiger partial charge on any atom is -0.321 e. The quantitative estimate of drug-likeness (QED) is 0.348. The van der Waals surface area contributed by atoms with Crippen molar-refractivity contribution >= 4 is 46.3 Å². The SMILES string of the molecule is O=P(O)(O)c1cccc(-c2cccc(-n3c4ccccc4c4cc(Cl)ccc43)c2)c1. The second kappa shape index (κ2) is 7.12. The zero-order chi connectivity index (χ0) is 20.9. The van der Waals surface area contributed by atoms with E-state index in [2.05, 4.69) is 16.7 Å². The summed E-state index contributed by atoms with van der Waals surface area (Å²) in [5.41, 5.74) is 4.70. The van der Waals surface area contributed by atoms with E-state index < -0.39 is 7.60 Å². The van der Waals surface area contributed by atoms with E-state index in [1.807, 2.05) is 60.7 Å². The maximum absolute atomic E-state index is 11.7. The van der Waals surface area contributed by atoms with Gasteiger partial charge in [0, 0.05) is 21.5 Å². The number of hydrogen-bond acceptors (Lipinski definition) is 1. The molecule has 0 aliphatic carbocycles. The first-order valence-corrected chi connectivity index (χ1v) is 11.4. The summed E-state index contributed by atoms with van der Waals surface area (Å²) in [6.45, 7) is 0. The Kier molecular flexibility index (Phi) is 4.53. The minimum absolute atomic E-state index is 0.0110. The van der Waals surface area contributed by atoms with Crippen molar-refractivity contribution in [3.63, 3.8) is 0 Å². The highest BCUT2D eigenvalue weighted by atomic mass is 35.5. The molecule has 5 rings (SSSR count). The number of halogens is 1. The minimum atomic E-state index is -4.31. The summed E-state index contributed by atoms with van der Waals surface area (Å²) < 4.78 is 13.8. The molecule has 0 amide bonds. The molecule has 4 aromatic carbocycles. The van der Waals surface area contributed by atoms with Gasteiger partial charge in [0.1, 0.15) is 0 Å². The lowest BCUT2D eigenvalue weighted by Gasteiger charge is -2.11. The molecule has 0 aliphatic rings. The molecular formula is C24H17ClNO3P. The molecule has 0 unspecified atom stereocenters. The molecule has 0 atom stereocenters. The summed E-state index contributed by atoms with van der Waals surface area (Å²) in [6, 6.07) is 28.5. The second-order valence-electron chi connectivity index (χ2n) is 7.16. The fourth-order valence-electron chi connectivity index (χ4n) is 3.91. The molecule has 30 heavy (non-hydrogen) atoms. The van der Waals surface area contributed by atoms with Crippen LogP contribution in [-0.2, 0) is 4.57 Å². The molecule has 0 radical (unpaired) electrons. The van der Waals surface area contributed by atoms with E-state index in [-0.39, 0.29) is 5.30 Å². The predicted octanol–water partition coefficient (Wildman–Crippen LogP) is 5.91. The third-order valence-electron chi connectivity index (χ3n) is 5.25. The van der Waals surface area contributed by atoms with Gasteiger partial charge in [0.05, 0.1) is 16.3 Å². The first kappa shape index (κ1) is 19.1. The van der Waals surface area contributed by atoms with Crippen LogP contribution in [0.25, 0.3) is 38.6 Å². The summed E-state index contributed by atoms with van der Waals surface area (Å²) in [4.78, 5) is 19.0. The van der Waals surface area contributed by atoms with Crippen LogP contribution in [0.4, 0.5) is 0 Å². The molecule has 0 bridgehead atoms. The van der Waals surface area contributed by atoms with Crippen molar-refractivity contribution in [1.82, 2.24) is 4.57 Å². The van der Waals surface area contributed by atoms with Crippen LogP contribution in [-0.4, -0.2) is 14.4 Å². The van der Waals surface area contributed by atoms with E-state index in [0.717, 1.165) is 38.6 Å². The number of rotatable bonds is 3. The lowest BCUT2D eigenvalue weighted by Crippen LogP contribution is -2.03. The van der Waals surface area contributed by atoms with Gasteiger partial charge >= 0.3 is 7.60 Å². The van der Waals surface area contributed by atoms with E-state index in [1.165, 1.54) is 6.07 Å². The van der Waals surface area contributed by atoms with Crippen LogP contribution in [0.2, 0.25) is 5.02 Å². The maximum Gasteiger partial charge on any atom is 0.356 e. The van der Waals surface area contributed by atoms with Gasteiger partial charge in [-0.2, -0.15) is 0 Å². The molecule has 6 heteroatoms. The van der Waals surface area contributed by atoms with E-state index in [9.17, 15) is 14.4 Å². The van der Waals surface area contributed by atoms with Crippen LogP contribution in [0.1, 0.15) is 0 Å². The Bertz CT molecular complexity index is 1470. The Labute approximate surface area is 178 Å². The molecular weight excluding hydrogens is 417 g/mol. The summed E-state index contributed by atoms with van der Waals surface area (Å²) in [5, 5.41) is 2.89. The lowest BCUT2D eigenvalue weighted by molar-refractivity contribution is 0.387. The summed E-state index contributed by atoms with van der Waals surface area (Å²) in [7, 11) is -4.31. The Hall–Kier alpha value is -2.88. The van der Waals surface area contributed by atoms with Crippen molar-refractivity contribution in [2.24, 2.45) is 0 Å². The van der Waals surface area contributed by atoms with Crippen LogP contribution in [0.5, 0.6) is 0 Å². The topological polar surface area (TPSA) is 62.5 Å². The van der Waals surface area contributed by atoms with Crippen LogP contribution in [0, 0.1) is 0 Å². The van der Waals surface area contributed by atoms with Crippen molar-refractivity contribution < 1.29 is 14.4 Å². The van der Waals surface area contributed by atoms with Crippen molar-refractivity contribution in [3.05, 3.63) is 96.0 Å². The molecule has 0 fully saturated rings. The molecule has 0 aliphatic heterocycles. The van der Waals surface area contributed by atoms with Crippen LogP contribution < -0.4 is 5.30 Å². The van der Waals surface area contributed by atoms with Crippen molar-refractivity contribution in [3.8, 4) is 16.8 Å². The van der Waals surface area contributed by atoms with Gasteiger partial charge < -0.3 is 14.4 Å². The molecule has 0 saturated carbocycles. The van der Waals surface area contributed by atoms with E-state index >= 15 is 0 Å². The average Bonchev–Trinajstić information content (AvgIpc) is 3.07. The number of aromatic nitrogens is 1. The zero-order valence-corrected chi connectivity index (χ0v) is 17.4. The van der Waals surface area contributed by atoms with Gasteiger partial charge in [-0.3, -0.25) is 4.57 Å². The maximum atomic E-state index is 11.7. The first-order valence-electron chi connectivity index (χ1n) is 9.37. The number of para-hydroxylation sites is 1. The van der Waals surface area contributed by atoms with E-state index in [4.69, 9.17) is 11.6 Å². The average molecular weight is 434 g/mol. The molecule has 148 valence electrons. The standard InChI is InChI=1S/C24H17ClNO3P/c25-18-11-12-24-22(15-18)21-9-1-2-10-23(21)26(24)19-7-3-5-16(13-19)17-6-4-8-20(14-17)30(27,28)29/h1-15H,(H2,27,28,29). The van der Waals surface area contributed by atoms with Gasteiger partial charge in [0.15, 0.2) is 0 Å². The summed E-state index contributed by atoms with van der Waals surface area (Å²) in [6.07, 6.45) is 0. The third-order valence-corrected chi connectivity index (χ3v) is 6.44. The van der Waals surface area contributed by atoms with Crippen molar-refractivity contribution in [1.29, 1.82) is 0 Å². The predicted molar refractivity (Wildman–Crippen MR) is 123 cm³/mol. The largest absolute Gasteiger partial charge is 0.356 e. The van der Waals surface area contributed by atoms with Gasteiger partial charge in [-0.25, -0.2) is 0 Å². The van der Waals surface area contributed by atoms with Crippen LogP contribution >= 0.6 is 19.2 Å². The molecule has 5 aromatic rings. The van der Waals surface area contributed by atoms with Crippen LogP contribution in [0.3, 0.4) is 0 Å². The highest BCUT2D eigenvalue weighted by molar-refractivity contribution is 7.60. The van der Waals surface area contributed by atoms with Crippen molar-refractivity contribution in [2.75, 3.05) is 0 Å². The molecule has 0 spiro atoms. The Morgan fingerprint density at radius 3 is 2.20 bits per heavy atom. The van der Waals surface area contributed by atoms with Gasteiger partial charge in [-0.1, -0.05) is 54.1 Å². The molecule has 1 heterocycles. The first-order chi connectivity index (χ1) is 14.4. The van der Waals surface area contributed by atoms with Gasteiger partial charge in [-0.15, -0.1) is 0 Å². The zero-order valence-electron chi connectivity index (χ0n) is 15.7. The van der Waals surface area contributed by atoms with Crippen LogP contribution in [0.15, 0.2) is 91.0 Å². The smallest absolute Gasteiger partial charge is 0.321 e. The van der Waals surface area contributed by atoms with E-state index in [1.54, 1.807) is 12.1 Å². The Morgan fingerprint density at radius 1 is 0.700 bits per heavy atom.